The summed E-state index contributed by atoms with van der Waals surface area (Å²) in [5, 5.41) is 0. The Bertz CT molecular complexity index is 304. The highest BCUT2D eigenvalue weighted by Gasteiger charge is 2.52. The number of fused-ring (bicyclic) bond motifs is 2. The van der Waals surface area contributed by atoms with Gasteiger partial charge in [0.25, 0.3) is 0 Å². The van der Waals surface area contributed by atoms with Gasteiger partial charge in [0, 0.05) is 19.4 Å². The van der Waals surface area contributed by atoms with Crippen molar-refractivity contribution in [2.24, 2.45) is 0 Å². The van der Waals surface area contributed by atoms with E-state index >= 15 is 0 Å². The summed E-state index contributed by atoms with van der Waals surface area (Å²) in [5.74, 6) is 0. The quantitative estimate of drug-likeness (QED) is 0.662. The molecule has 2 aliphatic rings. The van der Waals surface area contributed by atoms with Crippen LogP contribution in [0.5, 0.6) is 0 Å². The highest BCUT2D eigenvalue weighted by atomic mass is 16.6. The molecule has 0 spiro atoms. The molecule has 2 fully saturated rings. The zero-order valence-corrected chi connectivity index (χ0v) is 12.5. The average Bonchev–Trinajstić information content (AvgIpc) is 2.36. The lowest BCUT2D eigenvalue weighted by molar-refractivity contribution is -0.296. The van der Waals surface area contributed by atoms with Gasteiger partial charge in [0.1, 0.15) is 0 Å². The summed E-state index contributed by atoms with van der Waals surface area (Å²) in [4.78, 5) is 0. The van der Waals surface area contributed by atoms with Crippen LogP contribution in [0.15, 0.2) is 12.7 Å². The Morgan fingerprint density at radius 1 is 1.26 bits per heavy atom. The molecule has 0 amide bonds. The van der Waals surface area contributed by atoms with E-state index in [9.17, 15) is 0 Å². The maximum atomic E-state index is 6.54. The van der Waals surface area contributed by atoms with Crippen molar-refractivity contribution in [3.63, 3.8) is 0 Å². The summed E-state index contributed by atoms with van der Waals surface area (Å²) in [6.45, 7) is 10.3. The third kappa shape index (κ3) is 3.39. The van der Waals surface area contributed by atoms with Crippen molar-refractivity contribution in [3.8, 4) is 0 Å². The van der Waals surface area contributed by atoms with Crippen molar-refractivity contribution in [2.45, 2.75) is 69.7 Å². The third-order valence-corrected chi connectivity index (χ3v) is 4.27. The van der Waals surface area contributed by atoms with E-state index in [-0.39, 0.29) is 11.2 Å². The minimum atomic E-state index is -0.203. The largest absolute Gasteiger partial charge is 0.378 e. The second kappa shape index (κ2) is 6.38. The Kier molecular flexibility index (Phi) is 5.04. The molecule has 19 heavy (non-hydrogen) atoms. The fraction of sp³-hybridized carbons (Fsp3) is 0.875. The minimum Gasteiger partial charge on any atom is -0.378 e. The molecule has 2 saturated heterocycles. The Morgan fingerprint density at radius 2 is 2.00 bits per heavy atom. The van der Waals surface area contributed by atoms with E-state index in [0.29, 0.717) is 12.7 Å². The van der Waals surface area contributed by atoms with Gasteiger partial charge in [-0.1, -0.05) is 25.8 Å². The highest BCUT2D eigenvalue weighted by molar-refractivity contribution is 5.03. The number of rotatable bonds is 7. The minimum absolute atomic E-state index is 0.130. The molecule has 2 aliphatic heterocycles. The summed E-state index contributed by atoms with van der Waals surface area (Å²) in [5.41, 5.74) is -0.332. The average molecular weight is 268 g/mol. The first-order chi connectivity index (χ1) is 9.17. The van der Waals surface area contributed by atoms with Gasteiger partial charge < -0.3 is 14.2 Å². The van der Waals surface area contributed by atoms with Crippen LogP contribution in [0.3, 0.4) is 0 Å². The smallest absolute Gasteiger partial charge is 0.0982 e. The predicted octanol–water partition coefficient (Wildman–Crippen LogP) is 3.48. The van der Waals surface area contributed by atoms with Gasteiger partial charge in [0.05, 0.1) is 30.5 Å². The van der Waals surface area contributed by atoms with Gasteiger partial charge in [-0.3, -0.25) is 0 Å². The molecule has 3 heteroatoms. The monoisotopic (exact) mass is 268 g/mol. The van der Waals surface area contributed by atoms with E-state index in [0.717, 1.165) is 38.9 Å². The molecule has 0 aromatic heterocycles. The maximum absolute atomic E-state index is 6.54. The summed E-state index contributed by atoms with van der Waals surface area (Å²) in [7, 11) is 0. The molecule has 0 saturated carbocycles. The van der Waals surface area contributed by atoms with E-state index in [1.807, 2.05) is 6.08 Å². The normalized spacial score (nSPS) is 38.1. The molecular weight excluding hydrogens is 240 g/mol. The van der Waals surface area contributed by atoms with Crippen LogP contribution in [0, 0.1) is 0 Å². The van der Waals surface area contributed by atoms with Crippen molar-refractivity contribution in [1.82, 2.24) is 0 Å². The van der Waals surface area contributed by atoms with Crippen molar-refractivity contribution in [1.29, 1.82) is 0 Å². The van der Waals surface area contributed by atoms with Gasteiger partial charge >= 0.3 is 0 Å². The van der Waals surface area contributed by atoms with Gasteiger partial charge in [-0.25, -0.2) is 0 Å². The summed E-state index contributed by atoms with van der Waals surface area (Å²) in [6.07, 6.45) is 8.47. The Labute approximate surface area is 117 Å². The molecule has 3 atom stereocenters. The van der Waals surface area contributed by atoms with Gasteiger partial charge in [-0.05, 0) is 19.8 Å². The second-order valence-corrected chi connectivity index (χ2v) is 6.04. The third-order valence-electron chi connectivity index (χ3n) is 4.27. The molecule has 2 rings (SSSR count). The standard InChI is InChI=1S/C16H28O3/c1-4-7-9-16-11-14(18-6-3)10-15(19-16,8-5-2)12-17-13-16/h5,14H,2,4,6-13H2,1,3H3/t14-,15+,16-/m1/s1. The molecular formula is C16H28O3. The summed E-state index contributed by atoms with van der Waals surface area (Å²) < 4.78 is 18.4. The number of unbranched alkanes of at least 4 members (excludes halogenated alkanes) is 1. The van der Waals surface area contributed by atoms with Crippen molar-refractivity contribution in [3.05, 3.63) is 12.7 Å². The second-order valence-electron chi connectivity index (χ2n) is 6.04. The van der Waals surface area contributed by atoms with Crippen LogP contribution in [-0.4, -0.2) is 37.1 Å². The van der Waals surface area contributed by atoms with Crippen LogP contribution in [0.25, 0.3) is 0 Å². The van der Waals surface area contributed by atoms with Crippen molar-refractivity contribution >= 4 is 0 Å². The first kappa shape index (κ1) is 15.0. The van der Waals surface area contributed by atoms with E-state index in [2.05, 4.69) is 20.4 Å². The van der Waals surface area contributed by atoms with Crippen LogP contribution in [0.4, 0.5) is 0 Å². The fourth-order valence-electron chi connectivity index (χ4n) is 3.57. The topological polar surface area (TPSA) is 27.7 Å². The lowest BCUT2D eigenvalue weighted by Gasteiger charge is -2.54. The zero-order valence-electron chi connectivity index (χ0n) is 12.5. The number of ether oxygens (including phenoxy) is 3. The molecule has 0 aromatic rings. The molecule has 2 heterocycles. The van der Waals surface area contributed by atoms with Crippen LogP contribution >= 0.6 is 0 Å². The first-order valence-electron chi connectivity index (χ1n) is 7.68. The number of hydrogen-bond donors (Lipinski definition) is 0. The Balaban J connectivity index is 2.14. The zero-order chi connectivity index (χ0) is 13.8. The Morgan fingerprint density at radius 3 is 2.68 bits per heavy atom. The molecule has 110 valence electrons. The van der Waals surface area contributed by atoms with Crippen LogP contribution in [0.2, 0.25) is 0 Å². The highest BCUT2D eigenvalue weighted by Crippen LogP contribution is 2.45. The summed E-state index contributed by atoms with van der Waals surface area (Å²) in [6, 6.07) is 0. The van der Waals surface area contributed by atoms with E-state index in [4.69, 9.17) is 14.2 Å². The van der Waals surface area contributed by atoms with Gasteiger partial charge in [-0.15, -0.1) is 6.58 Å². The first-order valence-corrected chi connectivity index (χ1v) is 7.68. The fourth-order valence-corrected chi connectivity index (χ4v) is 3.57. The van der Waals surface area contributed by atoms with Crippen LogP contribution < -0.4 is 0 Å². The lowest BCUT2D eigenvalue weighted by atomic mass is 9.78. The van der Waals surface area contributed by atoms with Gasteiger partial charge in [0.2, 0.25) is 0 Å². The van der Waals surface area contributed by atoms with Gasteiger partial charge in [-0.2, -0.15) is 0 Å². The summed E-state index contributed by atoms with van der Waals surface area (Å²) >= 11 is 0. The SMILES string of the molecule is C=CC[C@@]12COC[C@@](CCCC)(C[C@H](OCC)C1)O2. The Hall–Kier alpha value is -0.380. The number of hydrogen-bond acceptors (Lipinski definition) is 3. The van der Waals surface area contributed by atoms with E-state index in [1.165, 1.54) is 12.8 Å². The maximum Gasteiger partial charge on any atom is 0.0982 e. The van der Waals surface area contributed by atoms with Gasteiger partial charge in [0.15, 0.2) is 0 Å². The van der Waals surface area contributed by atoms with E-state index in [1.54, 1.807) is 0 Å². The predicted molar refractivity (Wildman–Crippen MR) is 76.4 cm³/mol. The van der Waals surface area contributed by atoms with Crippen molar-refractivity contribution < 1.29 is 14.2 Å². The molecule has 0 aliphatic carbocycles. The van der Waals surface area contributed by atoms with E-state index < -0.39 is 0 Å². The molecule has 0 unspecified atom stereocenters. The molecule has 0 N–H and O–H groups in total. The lowest BCUT2D eigenvalue weighted by Crippen LogP contribution is -2.61. The van der Waals surface area contributed by atoms with Crippen LogP contribution in [-0.2, 0) is 14.2 Å². The van der Waals surface area contributed by atoms with Crippen LogP contribution in [0.1, 0.15) is 52.4 Å². The molecule has 0 aromatic carbocycles. The van der Waals surface area contributed by atoms with Crippen molar-refractivity contribution in [2.75, 3.05) is 19.8 Å². The molecule has 3 nitrogen and oxygen atoms in total. The molecule has 0 radical (unpaired) electrons. The molecule has 2 bridgehead atoms.